The SMILES string of the molecule is O=S(=O)(OCCOc1ccccc1)c1ccc(-c2ccc(C(F)(F)C(F)(F)C(F)(F)C(F)(F)C(F)(F)C(F)(F)C(F)(F)C(F)(F)F)cc2)cc1. The Bertz CT molecular complexity index is 1720. The molecule has 0 amide bonds. The van der Waals surface area contributed by atoms with Gasteiger partial charge in [0.1, 0.15) is 19.0 Å². The van der Waals surface area contributed by atoms with Crippen molar-refractivity contribution >= 4 is 10.1 Å². The van der Waals surface area contributed by atoms with E-state index in [0.29, 0.717) is 17.9 Å². The number of hydrogen-bond donors (Lipinski definition) is 0. The maximum absolute atomic E-state index is 14.6. The van der Waals surface area contributed by atoms with Crippen molar-refractivity contribution in [2.75, 3.05) is 13.2 Å². The normalized spacial score (nSPS) is 14.5. The second-order valence-corrected chi connectivity index (χ2v) is 11.7. The highest BCUT2D eigenvalue weighted by atomic mass is 32.2. The van der Waals surface area contributed by atoms with E-state index in [-0.39, 0.29) is 29.9 Å². The van der Waals surface area contributed by atoms with Gasteiger partial charge in [0.25, 0.3) is 10.1 Å². The Labute approximate surface area is 269 Å². The van der Waals surface area contributed by atoms with Crippen LogP contribution in [0, 0.1) is 0 Å². The summed E-state index contributed by atoms with van der Waals surface area (Å²) in [7, 11) is -4.41. The number of ether oxygens (including phenoxy) is 1. The molecular formula is C28H17F17O4S. The van der Waals surface area contributed by atoms with E-state index in [4.69, 9.17) is 8.92 Å². The molecule has 3 aromatic rings. The van der Waals surface area contributed by atoms with Crippen LogP contribution in [0.4, 0.5) is 74.6 Å². The smallest absolute Gasteiger partial charge is 0.460 e. The predicted octanol–water partition coefficient (Wildman–Crippen LogP) is 9.60. The molecule has 4 nitrogen and oxygen atoms in total. The Morgan fingerprint density at radius 3 is 1.30 bits per heavy atom. The average molecular weight is 772 g/mol. The lowest BCUT2D eigenvalue weighted by Crippen LogP contribution is -2.74. The average Bonchev–Trinajstić information content (AvgIpc) is 3.02. The van der Waals surface area contributed by atoms with Crippen molar-refractivity contribution in [3.8, 4) is 16.9 Å². The van der Waals surface area contributed by atoms with E-state index in [2.05, 4.69) is 0 Å². The van der Waals surface area contributed by atoms with E-state index in [0.717, 1.165) is 24.3 Å². The highest BCUT2D eigenvalue weighted by Gasteiger charge is 2.95. The van der Waals surface area contributed by atoms with E-state index < -0.39 is 74.8 Å². The van der Waals surface area contributed by atoms with Crippen molar-refractivity contribution in [3.05, 3.63) is 84.4 Å². The molecule has 0 N–H and O–H groups in total. The van der Waals surface area contributed by atoms with Crippen LogP contribution in [-0.2, 0) is 20.2 Å². The number of para-hydroxylation sites is 1. The zero-order chi connectivity index (χ0) is 38.4. The van der Waals surface area contributed by atoms with Gasteiger partial charge in [-0.15, -0.1) is 0 Å². The number of hydrogen-bond acceptors (Lipinski definition) is 4. The number of benzene rings is 3. The minimum atomic E-state index is -8.72. The summed E-state index contributed by atoms with van der Waals surface area (Å²) in [5.74, 6) is -56.8. The van der Waals surface area contributed by atoms with E-state index in [9.17, 15) is 83.1 Å². The Morgan fingerprint density at radius 1 is 0.460 bits per heavy atom. The van der Waals surface area contributed by atoms with Gasteiger partial charge in [0.2, 0.25) is 0 Å². The van der Waals surface area contributed by atoms with E-state index in [1.54, 1.807) is 30.3 Å². The first-order valence-corrected chi connectivity index (χ1v) is 14.4. The summed E-state index contributed by atoms with van der Waals surface area (Å²) in [6, 6.07) is 12.4. The highest BCUT2D eigenvalue weighted by molar-refractivity contribution is 7.86. The first-order chi connectivity index (χ1) is 22.5. The minimum absolute atomic E-state index is 0.0951. The molecule has 278 valence electrons. The molecule has 22 heteroatoms. The van der Waals surface area contributed by atoms with Gasteiger partial charge in [-0.25, -0.2) is 0 Å². The van der Waals surface area contributed by atoms with Gasteiger partial charge in [-0.3, -0.25) is 4.18 Å². The van der Waals surface area contributed by atoms with Gasteiger partial charge < -0.3 is 4.74 Å². The molecule has 0 spiro atoms. The zero-order valence-corrected chi connectivity index (χ0v) is 24.7. The molecule has 0 atom stereocenters. The van der Waals surface area contributed by atoms with Gasteiger partial charge in [0, 0.05) is 5.56 Å². The molecule has 0 unspecified atom stereocenters. The summed E-state index contributed by atoms with van der Waals surface area (Å²) in [4.78, 5) is -0.470. The second kappa shape index (κ2) is 13.1. The molecule has 0 aliphatic rings. The summed E-state index contributed by atoms with van der Waals surface area (Å²) >= 11 is 0. The van der Waals surface area contributed by atoms with Crippen molar-refractivity contribution in [1.29, 1.82) is 0 Å². The first-order valence-electron chi connectivity index (χ1n) is 13.0. The van der Waals surface area contributed by atoms with Gasteiger partial charge in [0.05, 0.1) is 4.90 Å². The van der Waals surface area contributed by atoms with E-state index >= 15 is 0 Å². The molecule has 0 aromatic heterocycles. The molecule has 0 heterocycles. The largest absolute Gasteiger partial charge is 0.491 e. The van der Waals surface area contributed by atoms with Crippen molar-refractivity contribution in [2.45, 2.75) is 52.5 Å². The lowest BCUT2D eigenvalue weighted by molar-refractivity contribution is -0.462. The van der Waals surface area contributed by atoms with Crippen LogP contribution in [0.15, 0.2) is 83.8 Å². The van der Waals surface area contributed by atoms with Crippen LogP contribution in [0.3, 0.4) is 0 Å². The molecule has 0 aliphatic carbocycles. The van der Waals surface area contributed by atoms with Crippen LogP contribution in [0.25, 0.3) is 11.1 Å². The third-order valence-electron chi connectivity index (χ3n) is 6.78. The molecule has 0 saturated carbocycles. The fourth-order valence-corrected chi connectivity index (χ4v) is 4.81. The molecule has 3 rings (SSSR count). The summed E-state index contributed by atoms with van der Waals surface area (Å²) in [5.41, 5.74) is -2.75. The lowest BCUT2D eigenvalue weighted by Gasteiger charge is -2.42. The van der Waals surface area contributed by atoms with Crippen molar-refractivity contribution < 1.29 is 92.0 Å². The maximum Gasteiger partial charge on any atom is 0.460 e. The van der Waals surface area contributed by atoms with Crippen LogP contribution in [0.5, 0.6) is 5.75 Å². The Morgan fingerprint density at radius 2 is 0.860 bits per heavy atom. The van der Waals surface area contributed by atoms with Crippen LogP contribution in [0.1, 0.15) is 5.56 Å². The standard InChI is InChI=1S/C28H17F17O4S/c29-21(30,22(31,32)23(33,34)24(35,36)25(37,38)26(39,40)27(41,42)28(43,44)45)18-10-6-16(7-11-18)17-8-12-20(13-9-17)50(46,47)49-15-14-48-19-4-2-1-3-5-19/h1-13H,14-15H2. The molecule has 50 heavy (non-hydrogen) atoms. The lowest BCUT2D eigenvalue weighted by atomic mass is 9.87. The monoisotopic (exact) mass is 772 g/mol. The van der Waals surface area contributed by atoms with Gasteiger partial charge in [-0.2, -0.15) is 83.1 Å². The predicted molar refractivity (Wildman–Crippen MR) is 137 cm³/mol. The van der Waals surface area contributed by atoms with E-state index in [1.807, 2.05) is 0 Å². The van der Waals surface area contributed by atoms with E-state index in [1.165, 1.54) is 0 Å². The third kappa shape index (κ3) is 6.66. The fourth-order valence-electron chi connectivity index (χ4n) is 3.92. The summed E-state index contributed by atoms with van der Waals surface area (Å²) < 4.78 is 266. The first kappa shape index (κ1) is 40.6. The maximum atomic E-state index is 14.6. The van der Waals surface area contributed by atoms with Gasteiger partial charge in [-0.05, 0) is 35.4 Å². The minimum Gasteiger partial charge on any atom is -0.491 e. The molecule has 0 saturated heterocycles. The summed E-state index contributed by atoms with van der Waals surface area (Å²) in [5, 5.41) is 0. The Balaban J connectivity index is 1.83. The molecule has 0 aliphatic heterocycles. The van der Waals surface area contributed by atoms with Crippen molar-refractivity contribution in [2.24, 2.45) is 0 Å². The van der Waals surface area contributed by atoms with Crippen LogP contribution in [0.2, 0.25) is 0 Å². The van der Waals surface area contributed by atoms with Crippen LogP contribution in [-0.4, -0.2) is 63.3 Å². The fraction of sp³-hybridized carbons (Fsp3) is 0.357. The van der Waals surface area contributed by atoms with Crippen LogP contribution >= 0.6 is 0 Å². The van der Waals surface area contributed by atoms with Crippen LogP contribution < -0.4 is 4.74 Å². The van der Waals surface area contributed by atoms with Gasteiger partial charge in [0.15, 0.2) is 0 Å². The van der Waals surface area contributed by atoms with Gasteiger partial charge >= 0.3 is 47.6 Å². The quantitative estimate of drug-likeness (QED) is 0.0931. The number of halogens is 17. The number of rotatable bonds is 14. The molecule has 0 fully saturated rings. The van der Waals surface area contributed by atoms with Gasteiger partial charge in [-0.1, -0.05) is 54.6 Å². The highest BCUT2D eigenvalue weighted by Crippen LogP contribution is 2.65. The Hall–Kier alpha value is -3.82. The molecular weight excluding hydrogens is 755 g/mol. The zero-order valence-electron chi connectivity index (χ0n) is 23.9. The Kier molecular flexibility index (Phi) is 10.6. The second-order valence-electron chi connectivity index (χ2n) is 10.1. The number of alkyl halides is 17. The third-order valence-corrected chi connectivity index (χ3v) is 8.11. The molecule has 3 aromatic carbocycles. The molecule has 0 radical (unpaired) electrons. The summed E-state index contributed by atoms with van der Waals surface area (Å²) in [6.45, 7) is -0.659. The topological polar surface area (TPSA) is 52.6 Å². The van der Waals surface area contributed by atoms with Crippen molar-refractivity contribution in [1.82, 2.24) is 0 Å². The summed E-state index contributed by atoms with van der Waals surface area (Å²) in [6.07, 6.45) is -7.83. The molecule has 0 bridgehead atoms. The van der Waals surface area contributed by atoms with Crippen molar-refractivity contribution in [3.63, 3.8) is 0 Å².